The second-order valence-electron chi connectivity index (χ2n) is 7.14. The molecule has 2 amide bonds. The van der Waals surface area contributed by atoms with Crippen molar-refractivity contribution in [2.75, 3.05) is 40.4 Å². The lowest BCUT2D eigenvalue weighted by Gasteiger charge is -2.42. The average molecular weight is 345 g/mol. The molecule has 25 heavy (non-hydrogen) atoms. The quantitative estimate of drug-likeness (QED) is 0.843. The first kappa shape index (κ1) is 17.9. The van der Waals surface area contributed by atoms with Crippen LogP contribution >= 0.6 is 0 Å². The van der Waals surface area contributed by atoms with Gasteiger partial charge in [-0.15, -0.1) is 0 Å². The normalized spacial score (nSPS) is 19.2. The number of ether oxygens (including phenoxy) is 1. The molecule has 0 spiro atoms. The molecule has 136 valence electrons. The summed E-state index contributed by atoms with van der Waals surface area (Å²) in [5.41, 5.74) is 1.77. The number of rotatable bonds is 6. The minimum absolute atomic E-state index is 0.00327. The molecule has 2 aliphatic rings. The van der Waals surface area contributed by atoms with E-state index in [2.05, 4.69) is 24.3 Å². The topological polar surface area (TPSA) is 61.9 Å². The van der Waals surface area contributed by atoms with Gasteiger partial charge < -0.3 is 19.9 Å². The van der Waals surface area contributed by atoms with Crippen molar-refractivity contribution < 1.29 is 14.3 Å². The lowest BCUT2D eigenvalue weighted by Crippen LogP contribution is -2.55. The maximum absolute atomic E-state index is 12.3. The summed E-state index contributed by atoms with van der Waals surface area (Å²) in [5.74, 6) is 0.0223. The minimum atomic E-state index is -0.0341. The number of hydrogen-bond acceptors (Lipinski definition) is 4. The molecule has 6 heteroatoms. The fraction of sp³-hybridized carbons (Fsp3) is 0.579. The molecule has 1 aromatic rings. The lowest BCUT2D eigenvalue weighted by molar-refractivity contribution is -0.122. The first-order chi connectivity index (χ1) is 12.0. The van der Waals surface area contributed by atoms with Gasteiger partial charge in [0.1, 0.15) is 0 Å². The van der Waals surface area contributed by atoms with Crippen LogP contribution < -0.4 is 5.32 Å². The predicted octanol–water partition coefficient (Wildman–Crippen LogP) is 1.26. The number of fused-ring (bicyclic) bond motifs is 1. The van der Waals surface area contributed by atoms with Gasteiger partial charge in [-0.1, -0.05) is 18.2 Å². The van der Waals surface area contributed by atoms with Crippen LogP contribution in [0.1, 0.15) is 35.2 Å². The van der Waals surface area contributed by atoms with E-state index in [9.17, 15) is 9.59 Å². The van der Waals surface area contributed by atoms with Crippen LogP contribution in [0.25, 0.3) is 0 Å². The number of hydrogen-bond donors (Lipinski definition) is 1. The van der Waals surface area contributed by atoms with Gasteiger partial charge in [-0.2, -0.15) is 0 Å². The number of nitrogens with one attached hydrogen (secondary N) is 1. The van der Waals surface area contributed by atoms with Crippen molar-refractivity contribution in [2.45, 2.75) is 31.3 Å². The molecule has 1 saturated heterocycles. The first-order valence-electron chi connectivity index (χ1n) is 8.91. The molecule has 6 nitrogen and oxygen atoms in total. The Kier molecular flexibility index (Phi) is 5.39. The molecule has 0 saturated carbocycles. The Hall–Kier alpha value is -1.92. The van der Waals surface area contributed by atoms with E-state index in [4.69, 9.17) is 4.74 Å². The average Bonchev–Trinajstić information content (AvgIpc) is 2.95. The number of benzene rings is 1. The van der Waals surface area contributed by atoms with E-state index in [1.807, 2.05) is 24.3 Å². The number of amides is 2. The third-order valence-corrected chi connectivity index (χ3v) is 5.49. The van der Waals surface area contributed by atoms with Gasteiger partial charge in [0.25, 0.3) is 5.91 Å². The maximum Gasteiger partial charge on any atom is 0.254 e. The third-order valence-electron chi connectivity index (χ3n) is 5.49. The highest BCUT2D eigenvalue weighted by atomic mass is 16.5. The highest BCUT2D eigenvalue weighted by Gasteiger charge is 2.35. The van der Waals surface area contributed by atoms with Crippen LogP contribution in [0.15, 0.2) is 24.3 Å². The van der Waals surface area contributed by atoms with Gasteiger partial charge in [-0.05, 0) is 38.6 Å². The Morgan fingerprint density at radius 1 is 1.28 bits per heavy atom. The maximum atomic E-state index is 12.3. The molecule has 3 rings (SSSR count). The largest absolute Gasteiger partial charge is 0.381 e. The first-order valence-corrected chi connectivity index (χ1v) is 8.91. The van der Waals surface area contributed by atoms with E-state index in [1.165, 1.54) is 0 Å². The van der Waals surface area contributed by atoms with Gasteiger partial charge in [0, 0.05) is 50.4 Å². The fourth-order valence-corrected chi connectivity index (χ4v) is 3.62. The third kappa shape index (κ3) is 3.85. The molecule has 1 N–H and O–H groups in total. The summed E-state index contributed by atoms with van der Waals surface area (Å²) in [6, 6.07) is 7.64. The highest BCUT2D eigenvalue weighted by molar-refractivity contribution is 5.98. The zero-order chi connectivity index (χ0) is 17.9. The summed E-state index contributed by atoms with van der Waals surface area (Å²) >= 11 is 0. The highest BCUT2D eigenvalue weighted by Crippen LogP contribution is 2.25. The van der Waals surface area contributed by atoms with Crippen molar-refractivity contribution in [3.05, 3.63) is 35.4 Å². The molecule has 1 fully saturated rings. The van der Waals surface area contributed by atoms with Crippen LogP contribution in [0.4, 0.5) is 0 Å². The van der Waals surface area contributed by atoms with Crippen LogP contribution in [0.3, 0.4) is 0 Å². The molecule has 0 bridgehead atoms. The Morgan fingerprint density at radius 2 is 2.00 bits per heavy atom. The van der Waals surface area contributed by atoms with Crippen molar-refractivity contribution in [1.82, 2.24) is 15.1 Å². The molecular formula is C19H27N3O3. The number of likely N-dealkylation sites (N-methyl/N-ethyl adjacent to an activating group) is 1. The molecule has 0 atom stereocenters. The van der Waals surface area contributed by atoms with Crippen LogP contribution in [-0.4, -0.2) is 67.6 Å². The van der Waals surface area contributed by atoms with Crippen molar-refractivity contribution in [3.63, 3.8) is 0 Å². The summed E-state index contributed by atoms with van der Waals surface area (Å²) in [6.45, 7) is 3.14. The van der Waals surface area contributed by atoms with E-state index >= 15 is 0 Å². The zero-order valence-electron chi connectivity index (χ0n) is 15.1. The minimum Gasteiger partial charge on any atom is -0.381 e. The molecule has 0 unspecified atom stereocenters. The summed E-state index contributed by atoms with van der Waals surface area (Å²) < 4.78 is 5.46. The zero-order valence-corrected chi connectivity index (χ0v) is 15.1. The van der Waals surface area contributed by atoms with Crippen LogP contribution in [0.5, 0.6) is 0 Å². The van der Waals surface area contributed by atoms with Gasteiger partial charge in [0.2, 0.25) is 5.91 Å². The van der Waals surface area contributed by atoms with Gasteiger partial charge in [0.05, 0.1) is 0 Å². The Bertz CT molecular complexity index is 639. The summed E-state index contributed by atoms with van der Waals surface area (Å²) in [4.78, 5) is 28.6. The van der Waals surface area contributed by atoms with Gasteiger partial charge >= 0.3 is 0 Å². The van der Waals surface area contributed by atoms with Gasteiger partial charge in [0.15, 0.2) is 0 Å². The summed E-state index contributed by atoms with van der Waals surface area (Å²) in [7, 11) is 4.11. The Labute approximate surface area is 149 Å². The molecule has 0 aromatic heterocycles. The SMILES string of the molecule is CN(C)C1(CNC(=O)CCN2Cc3ccccc3C2=O)CCOCC1. The monoisotopic (exact) mass is 345 g/mol. The Morgan fingerprint density at radius 3 is 2.68 bits per heavy atom. The molecule has 2 heterocycles. The van der Waals surface area contributed by atoms with Crippen LogP contribution in [-0.2, 0) is 16.1 Å². The molecule has 0 radical (unpaired) electrons. The number of carbonyl (C=O) groups excluding carboxylic acids is 2. The van der Waals surface area contributed by atoms with Crippen molar-refractivity contribution >= 4 is 11.8 Å². The van der Waals surface area contributed by atoms with Crippen molar-refractivity contribution in [1.29, 1.82) is 0 Å². The van der Waals surface area contributed by atoms with Crippen LogP contribution in [0.2, 0.25) is 0 Å². The van der Waals surface area contributed by atoms with Crippen molar-refractivity contribution in [3.8, 4) is 0 Å². The molecule has 2 aliphatic heterocycles. The van der Waals surface area contributed by atoms with Gasteiger partial charge in [-0.25, -0.2) is 0 Å². The van der Waals surface area contributed by atoms with E-state index in [1.54, 1.807) is 4.90 Å². The lowest BCUT2D eigenvalue weighted by atomic mass is 9.88. The van der Waals surface area contributed by atoms with E-state index < -0.39 is 0 Å². The second-order valence-corrected chi connectivity index (χ2v) is 7.14. The predicted molar refractivity (Wildman–Crippen MR) is 95.3 cm³/mol. The van der Waals surface area contributed by atoms with Crippen molar-refractivity contribution in [2.24, 2.45) is 0 Å². The smallest absolute Gasteiger partial charge is 0.254 e. The summed E-state index contributed by atoms with van der Waals surface area (Å²) in [6.07, 6.45) is 2.17. The fourth-order valence-electron chi connectivity index (χ4n) is 3.62. The van der Waals surface area contributed by atoms with Gasteiger partial charge in [-0.3, -0.25) is 9.59 Å². The van der Waals surface area contributed by atoms with Crippen LogP contribution in [0, 0.1) is 0 Å². The molecule has 1 aromatic carbocycles. The molecular weight excluding hydrogens is 318 g/mol. The number of nitrogens with zero attached hydrogens (tertiary/aromatic N) is 2. The summed E-state index contributed by atoms with van der Waals surface area (Å²) in [5, 5.41) is 3.06. The number of carbonyl (C=O) groups is 2. The van der Waals surface area contributed by atoms with E-state index in [-0.39, 0.29) is 17.4 Å². The Balaban J connectivity index is 1.48. The van der Waals surface area contributed by atoms with E-state index in [0.717, 1.165) is 37.2 Å². The van der Waals surface area contributed by atoms with E-state index in [0.29, 0.717) is 26.1 Å². The standard InChI is InChI=1S/C19H27N3O3/c1-21(2)19(8-11-25-12-9-19)14-20-17(23)7-10-22-13-15-5-3-4-6-16(15)18(22)24/h3-6H,7-14H2,1-2H3,(H,20,23). The second kappa shape index (κ2) is 7.54. The molecule has 0 aliphatic carbocycles.